The van der Waals surface area contributed by atoms with Crippen LogP contribution in [0.4, 0.5) is 0 Å². The number of carbonyl (C=O) groups excluding carboxylic acids is 1. The van der Waals surface area contributed by atoms with Gasteiger partial charge in [0, 0.05) is 10.9 Å². The average molecular weight is 457 g/mol. The molecule has 1 unspecified atom stereocenters. The normalized spacial score (nSPS) is 15.4. The summed E-state index contributed by atoms with van der Waals surface area (Å²) < 4.78 is 12.6. The smallest absolute Gasteiger partial charge is 0.345 e. The van der Waals surface area contributed by atoms with Gasteiger partial charge in [0.1, 0.15) is 16.2 Å². The lowest BCUT2D eigenvalue weighted by atomic mass is 10.2. The van der Waals surface area contributed by atoms with Crippen LogP contribution in [0.25, 0.3) is 10.1 Å². The number of carboxylic acid groups (broad SMARTS) is 1. The number of fused-ring (bicyclic) bond motifs is 1. The zero-order valence-electron chi connectivity index (χ0n) is 17.2. The van der Waals surface area contributed by atoms with Gasteiger partial charge in [0.2, 0.25) is 0 Å². The van der Waals surface area contributed by atoms with Crippen molar-refractivity contribution in [2.24, 2.45) is 0 Å². The SMILES string of the molecule is CCCOC(=O)C1(NP(Cc2ccc3sc(C(=O)O)cc3c2)Oc2ccccc2)CC1. The highest BCUT2D eigenvalue weighted by Gasteiger charge is 2.53. The minimum absolute atomic E-state index is 0.210. The molecule has 0 radical (unpaired) electrons. The number of esters is 1. The molecular formula is C23H24NO5PS. The van der Waals surface area contributed by atoms with Gasteiger partial charge in [-0.25, -0.2) is 9.88 Å². The van der Waals surface area contributed by atoms with Gasteiger partial charge in [0.25, 0.3) is 0 Å². The molecule has 1 aliphatic rings. The Morgan fingerprint density at radius 3 is 2.61 bits per heavy atom. The highest BCUT2D eigenvalue weighted by molar-refractivity contribution is 7.50. The van der Waals surface area contributed by atoms with Crippen LogP contribution in [0.15, 0.2) is 54.6 Å². The maximum absolute atomic E-state index is 12.6. The van der Waals surface area contributed by atoms with E-state index in [4.69, 9.17) is 9.26 Å². The Morgan fingerprint density at radius 1 is 1.16 bits per heavy atom. The first-order valence-corrected chi connectivity index (χ1v) is 12.5. The standard InChI is InChI=1S/C23H24NO5PS/c1-2-12-28-22(27)23(10-11-23)24-30(29-18-6-4-3-5-7-18)15-16-8-9-19-17(13-16)14-20(31-19)21(25)26/h3-9,13-14,24H,2,10-12,15H2,1H3,(H,25,26). The predicted molar refractivity (Wildman–Crippen MR) is 123 cm³/mol. The van der Waals surface area contributed by atoms with Gasteiger partial charge in [-0.2, -0.15) is 0 Å². The van der Waals surface area contributed by atoms with Gasteiger partial charge in [-0.05, 0) is 60.5 Å². The Labute approximate surface area is 186 Å². The number of thiophene rings is 1. The van der Waals surface area contributed by atoms with E-state index in [1.807, 2.05) is 55.5 Å². The molecular weight excluding hydrogens is 433 g/mol. The molecule has 0 bridgehead atoms. The third-order valence-electron chi connectivity index (χ3n) is 4.99. The van der Waals surface area contributed by atoms with Crippen LogP contribution >= 0.6 is 19.6 Å². The van der Waals surface area contributed by atoms with Crippen LogP contribution in [0.2, 0.25) is 0 Å². The summed E-state index contributed by atoms with van der Waals surface area (Å²) in [5, 5.41) is 13.6. The van der Waals surface area contributed by atoms with Crippen molar-refractivity contribution in [3.05, 3.63) is 65.0 Å². The van der Waals surface area contributed by atoms with Crippen LogP contribution in [0.1, 0.15) is 41.4 Å². The largest absolute Gasteiger partial charge is 0.477 e. The summed E-state index contributed by atoms with van der Waals surface area (Å²) in [6, 6.07) is 17.2. The van der Waals surface area contributed by atoms with Crippen LogP contribution in [0.3, 0.4) is 0 Å². The minimum Gasteiger partial charge on any atom is -0.477 e. The summed E-state index contributed by atoms with van der Waals surface area (Å²) in [5.74, 6) is -0.387. The number of hydrogen-bond donors (Lipinski definition) is 2. The number of para-hydroxylation sites is 1. The van der Waals surface area contributed by atoms with Crippen LogP contribution in [0.5, 0.6) is 5.75 Å². The topological polar surface area (TPSA) is 84.9 Å². The zero-order chi connectivity index (χ0) is 21.8. The number of benzene rings is 2. The van der Waals surface area contributed by atoms with Crippen molar-refractivity contribution in [1.82, 2.24) is 5.09 Å². The molecule has 0 spiro atoms. The summed E-state index contributed by atoms with van der Waals surface area (Å²) in [6.07, 6.45) is 2.84. The molecule has 1 heterocycles. The molecule has 162 valence electrons. The van der Waals surface area contributed by atoms with E-state index in [1.165, 1.54) is 11.3 Å². The molecule has 0 aliphatic heterocycles. The number of carbonyl (C=O) groups is 2. The van der Waals surface area contributed by atoms with E-state index in [2.05, 4.69) is 5.09 Å². The molecule has 3 aromatic rings. The van der Waals surface area contributed by atoms with Crippen LogP contribution in [-0.2, 0) is 15.7 Å². The number of ether oxygens (including phenoxy) is 1. The Bertz CT molecular complexity index is 1080. The molecule has 4 rings (SSSR count). The number of hydrogen-bond acceptors (Lipinski definition) is 6. The van der Waals surface area contributed by atoms with E-state index in [-0.39, 0.29) is 5.97 Å². The van der Waals surface area contributed by atoms with Gasteiger partial charge < -0.3 is 14.4 Å². The maximum Gasteiger partial charge on any atom is 0.345 e. The second-order valence-corrected chi connectivity index (χ2v) is 10.1. The van der Waals surface area contributed by atoms with Gasteiger partial charge >= 0.3 is 11.9 Å². The van der Waals surface area contributed by atoms with Crippen LogP contribution in [0, 0.1) is 0 Å². The fourth-order valence-corrected chi connectivity index (χ4v) is 5.99. The Kier molecular flexibility index (Phi) is 6.56. The van der Waals surface area contributed by atoms with Crippen LogP contribution < -0.4 is 9.61 Å². The summed E-state index contributed by atoms with van der Waals surface area (Å²) in [6.45, 7) is 2.39. The first-order chi connectivity index (χ1) is 15.0. The van der Waals surface area contributed by atoms with Gasteiger partial charge in [0.15, 0.2) is 8.30 Å². The Hall–Kier alpha value is -2.47. The van der Waals surface area contributed by atoms with E-state index in [0.29, 0.717) is 17.6 Å². The molecule has 2 N–H and O–H groups in total. The van der Waals surface area contributed by atoms with Crippen molar-refractivity contribution in [2.45, 2.75) is 37.9 Å². The van der Waals surface area contributed by atoms with E-state index < -0.39 is 19.8 Å². The highest BCUT2D eigenvalue weighted by Crippen LogP contribution is 2.48. The minimum atomic E-state index is -1.21. The van der Waals surface area contributed by atoms with E-state index >= 15 is 0 Å². The lowest BCUT2D eigenvalue weighted by Gasteiger charge is -2.24. The first-order valence-electron chi connectivity index (χ1n) is 10.2. The average Bonchev–Trinajstić information content (AvgIpc) is 3.41. The third kappa shape index (κ3) is 5.24. The summed E-state index contributed by atoms with van der Waals surface area (Å²) in [7, 11) is -1.21. The quantitative estimate of drug-likeness (QED) is 0.306. The molecule has 31 heavy (non-hydrogen) atoms. The monoisotopic (exact) mass is 457 g/mol. The molecule has 6 nitrogen and oxygen atoms in total. The molecule has 0 saturated heterocycles. The predicted octanol–water partition coefficient (Wildman–Crippen LogP) is 5.57. The van der Waals surface area contributed by atoms with Crippen molar-refractivity contribution in [2.75, 3.05) is 6.61 Å². The van der Waals surface area contributed by atoms with Gasteiger partial charge in [-0.15, -0.1) is 11.3 Å². The van der Waals surface area contributed by atoms with Crippen molar-refractivity contribution in [1.29, 1.82) is 0 Å². The van der Waals surface area contributed by atoms with E-state index in [9.17, 15) is 14.7 Å². The molecule has 1 fully saturated rings. The van der Waals surface area contributed by atoms with E-state index in [1.54, 1.807) is 6.07 Å². The van der Waals surface area contributed by atoms with E-state index in [0.717, 1.165) is 40.7 Å². The molecule has 1 aliphatic carbocycles. The zero-order valence-corrected chi connectivity index (χ0v) is 18.9. The summed E-state index contributed by atoms with van der Waals surface area (Å²) >= 11 is 1.26. The lowest BCUT2D eigenvalue weighted by molar-refractivity contribution is -0.146. The molecule has 1 atom stereocenters. The second kappa shape index (κ2) is 9.35. The Morgan fingerprint density at radius 2 is 1.94 bits per heavy atom. The first kappa shape index (κ1) is 21.8. The lowest BCUT2D eigenvalue weighted by Crippen LogP contribution is -2.38. The van der Waals surface area contributed by atoms with Crippen molar-refractivity contribution >= 4 is 41.7 Å². The summed E-state index contributed by atoms with van der Waals surface area (Å²) in [4.78, 5) is 24.2. The van der Waals surface area contributed by atoms with Crippen molar-refractivity contribution in [3.8, 4) is 5.75 Å². The van der Waals surface area contributed by atoms with Crippen LogP contribution in [-0.4, -0.2) is 29.2 Å². The highest BCUT2D eigenvalue weighted by atomic mass is 32.1. The fraction of sp³-hybridized carbons (Fsp3) is 0.304. The number of carboxylic acids is 1. The summed E-state index contributed by atoms with van der Waals surface area (Å²) in [5.41, 5.74) is 0.355. The molecule has 8 heteroatoms. The van der Waals surface area contributed by atoms with Gasteiger partial charge in [-0.3, -0.25) is 4.79 Å². The van der Waals surface area contributed by atoms with Crippen molar-refractivity contribution in [3.63, 3.8) is 0 Å². The van der Waals surface area contributed by atoms with Crippen molar-refractivity contribution < 1.29 is 24.0 Å². The molecule has 0 amide bonds. The fourth-order valence-electron chi connectivity index (χ4n) is 3.22. The molecule has 1 saturated carbocycles. The number of nitrogens with one attached hydrogen (secondary N) is 1. The molecule has 2 aromatic carbocycles. The number of rotatable bonds is 10. The number of aromatic carboxylic acids is 1. The Balaban J connectivity index is 1.55. The van der Waals surface area contributed by atoms with Gasteiger partial charge in [0.05, 0.1) is 6.61 Å². The molecule has 1 aromatic heterocycles. The third-order valence-corrected chi connectivity index (χ3v) is 7.86. The maximum atomic E-state index is 12.6. The second-order valence-electron chi connectivity index (χ2n) is 7.56. The van der Waals surface area contributed by atoms with Gasteiger partial charge in [-0.1, -0.05) is 31.2 Å².